The number of benzene rings is 1. The number of ether oxygens (including phenoxy) is 1. The smallest absolute Gasteiger partial charge is 0.395 e. The van der Waals surface area contributed by atoms with E-state index in [0.29, 0.717) is 42.7 Å². The zero-order chi connectivity index (χ0) is 32.3. The minimum Gasteiger partial charge on any atom is -0.395 e. The fraction of sp³-hybridized carbons (Fsp3) is 0.367. The van der Waals surface area contributed by atoms with E-state index in [9.17, 15) is 32.7 Å². The second-order valence-electron chi connectivity index (χ2n) is 10.7. The SMILES string of the molecule is CC(C)NC(=O)Nc1cc(-c2nc(C(F)(F)F)cs2)c(-c2ccc3c(c2)c(=O)c(C(=O)NCCO)cn3C2CCOCC2)cn1. The molecular weight excluding hydrogens is 613 g/mol. The van der Waals surface area contributed by atoms with Crippen LogP contribution in [0.25, 0.3) is 32.6 Å². The molecule has 0 unspecified atom stereocenters. The number of anilines is 1. The second-order valence-corrected chi connectivity index (χ2v) is 11.6. The number of amides is 3. The molecule has 45 heavy (non-hydrogen) atoms. The summed E-state index contributed by atoms with van der Waals surface area (Å²) in [7, 11) is 0. The van der Waals surface area contributed by atoms with Crippen molar-refractivity contribution in [3.8, 4) is 21.7 Å². The van der Waals surface area contributed by atoms with Crippen LogP contribution in [0.1, 0.15) is 48.8 Å². The summed E-state index contributed by atoms with van der Waals surface area (Å²) in [6, 6.07) is 5.69. The van der Waals surface area contributed by atoms with Crippen molar-refractivity contribution in [3.63, 3.8) is 0 Å². The van der Waals surface area contributed by atoms with Crippen LogP contribution < -0.4 is 21.4 Å². The highest BCUT2D eigenvalue weighted by Crippen LogP contribution is 2.39. The lowest BCUT2D eigenvalue weighted by Gasteiger charge is -2.27. The molecule has 1 aliphatic rings. The molecule has 1 fully saturated rings. The maximum Gasteiger partial charge on any atom is 0.434 e. The van der Waals surface area contributed by atoms with E-state index in [2.05, 4.69) is 25.9 Å². The van der Waals surface area contributed by atoms with Crippen molar-refractivity contribution in [2.24, 2.45) is 0 Å². The number of hydrogen-bond donors (Lipinski definition) is 4. The van der Waals surface area contributed by atoms with Crippen molar-refractivity contribution in [1.82, 2.24) is 25.2 Å². The number of carbonyl (C=O) groups excluding carboxylic acids is 2. The Morgan fingerprint density at radius 3 is 2.60 bits per heavy atom. The van der Waals surface area contributed by atoms with E-state index in [0.717, 1.165) is 16.7 Å². The van der Waals surface area contributed by atoms with Crippen molar-refractivity contribution in [1.29, 1.82) is 0 Å². The summed E-state index contributed by atoms with van der Waals surface area (Å²) in [5, 5.41) is 18.1. The fourth-order valence-corrected chi connectivity index (χ4v) is 5.94. The Hall–Kier alpha value is -4.34. The molecule has 1 aliphatic heterocycles. The first-order chi connectivity index (χ1) is 21.5. The predicted molar refractivity (Wildman–Crippen MR) is 163 cm³/mol. The molecule has 1 saturated heterocycles. The molecule has 4 heterocycles. The summed E-state index contributed by atoms with van der Waals surface area (Å²) in [6.45, 7) is 4.23. The number of pyridine rings is 2. The van der Waals surface area contributed by atoms with Crippen LogP contribution in [-0.4, -0.2) is 64.0 Å². The van der Waals surface area contributed by atoms with Crippen LogP contribution in [0.5, 0.6) is 0 Å². The Kier molecular flexibility index (Phi) is 9.51. The predicted octanol–water partition coefficient (Wildman–Crippen LogP) is 4.81. The average molecular weight is 645 g/mol. The number of nitrogens with one attached hydrogen (secondary N) is 3. The maximum atomic E-state index is 13.7. The molecule has 11 nitrogen and oxygen atoms in total. The Balaban J connectivity index is 1.67. The molecule has 3 aromatic heterocycles. The first-order valence-corrected chi connectivity index (χ1v) is 15.1. The van der Waals surface area contributed by atoms with Gasteiger partial charge >= 0.3 is 12.2 Å². The van der Waals surface area contributed by atoms with Gasteiger partial charge in [0.2, 0.25) is 5.43 Å². The summed E-state index contributed by atoms with van der Waals surface area (Å²) in [4.78, 5) is 47.2. The zero-order valence-corrected chi connectivity index (χ0v) is 25.2. The molecule has 0 spiro atoms. The maximum absolute atomic E-state index is 13.7. The molecule has 5 rings (SSSR count). The van der Waals surface area contributed by atoms with Gasteiger partial charge in [0.25, 0.3) is 5.91 Å². The third-order valence-corrected chi connectivity index (χ3v) is 8.04. The number of nitrogens with zero attached hydrogens (tertiary/aromatic N) is 3. The van der Waals surface area contributed by atoms with Crippen molar-refractivity contribution >= 4 is 40.0 Å². The van der Waals surface area contributed by atoms with E-state index in [1.54, 1.807) is 32.0 Å². The Labute approximate surface area is 259 Å². The van der Waals surface area contributed by atoms with E-state index in [4.69, 9.17) is 4.74 Å². The van der Waals surface area contributed by atoms with Gasteiger partial charge in [0.15, 0.2) is 5.69 Å². The van der Waals surface area contributed by atoms with Crippen molar-refractivity contribution in [2.45, 2.75) is 44.9 Å². The highest BCUT2D eigenvalue weighted by molar-refractivity contribution is 7.13. The highest BCUT2D eigenvalue weighted by Gasteiger charge is 2.34. The Bertz CT molecular complexity index is 1780. The molecule has 1 aromatic carbocycles. The highest BCUT2D eigenvalue weighted by atomic mass is 32.1. The van der Waals surface area contributed by atoms with Crippen LogP contribution in [0, 0.1) is 0 Å². The Morgan fingerprint density at radius 2 is 1.93 bits per heavy atom. The average Bonchev–Trinajstić information content (AvgIpc) is 3.51. The summed E-state index contributed by atoms with van der Waals surface area (Å²) < 4.78 is 47.8. The van der Waals surface area contributed by atoms with Crippen LogP contribution in [-0.2, 0) is 10.9 Å². The van der Waals surface area contributed by atoms with Gasteiger partial charge in [-0.1, -0.05) is 6.07 Å². The number of rotatable bonds is 8. The third kappa shape index (κ3) is 7.16. The lowest BCUT2D eigenvalue weighted by Crippen LogP contribution is -2.34. The number of carbonyl (C=O) groups is 2. The minimum atomic E-state index is -4.66. The number of aliphatic hydroxyl groups is 1. The van der Waals surface area contributed by atoms with Crippen LogP contribution in [0.15, 0.2) is 46.8 Å². The molecular formula is C30H31F3N6O5S. The van der Waals surface area contributed by atoms with Crippen LogP contribution in [0.3, 0.4) is 0 Å². The topological polar surface area (TPSA) is 147 Å². The quantitative estimate of drug-likeness (QED) is 0.215. The summed E-state index contributed by atoms with van der Waals surface area (Å²) in [6.07, 6.45) is -0.418. The Morgan fingerprint density at radius 1 is 1.18 bits per heavy atom. The lowest BCUT2D eigenvalue weighted by molar-refractivity contribution is -0.140. The first kappa shape index (κ1) is 32.1. The number of thiazole rings is 1. The van der Waals surface area contributed by atoms with E-state index in [-0.39, 0.29) is 52.6 Å². The van der Waals surface area contributed by atoms with E-state index in [1.165, 1.54) is 18.5 Å². The summed E-state index contributed by atoms with van der Waals surface area (Å²) in [5.74, 6) is -0.553. The van der Waals surface area contributed by atoms with E-state index >= 15 is 0 Å². The standard InChI is InChI=1S/C30H31F3N6O5S/c1-16(2)36-29(43)38-25-12-19(28-37-24(15-45-28)30(31,32)33)21(13-35-25)17-3-4-23-20(11-17)26(41)22(27(42)34-7-8-40)14-39(23)18-5-9-44-10-6-18/h3-4,11-16,18,40H,5-10H2,1-2H3,(H,34,42)(H2,35,36,38,43). The number of aromatic nitrogens is 3. The third-order valence-electron chi connectivity index (χ3n) is 7.16. The second kappa shape index (κ2) is 13.3. The molecule has 0 atom stereocenters. The van der Waals surface area contributed by atoms with Crippen molar-refractivity contribution < 1.29 is 32.6 Å². The lowest BCUT2D eigenvalue weighted by atomic mass is 9.98. The number of urea groups is 1. The number of alkyl halides is 3. The van der Waals surface area contributed by atoms with Gasteiger partial charge in [0.1, 0.15) is 16.4 Å². The van der Waals surface area contributed by atoms with Crippen LogP contribution >= 0.6 is 11.3 Å². The van der Waals surface area contributed by atoms with Gasteiger partial charge in [0, 0.05) is 66.1 Å². The summed E-state index contributed by atoms with van der Waals surface area (Å²) in [5.41, 5.74) is -0.0840. The van der Waals surface area contributed by atoms with Gasteiger partial charge in [-0.3, -0.25) is 14.9 Å². The molecule has 4 N–H and O–H groups in total. The largest absolute Gasteiger partial charge is 0.434 e. The molecule has 0 saturated carbocycles. The van der Waals surface area contributed by atoms with Gasteiger partial charge in [-0.25, -0.2) is 14.8 Å². The molecule has 238 valence electrons. The van der Waals surface area contributed by atoms with E-state index in [1.807, 2.05) is 4.57 Å². The number of halogens is 3. The van der Waals surface area contributed by atoms with Gasteiger partial charge in [-0.15, -0.1) is 11.3 Å². The van der Waals surface area contributed by atoms with Crippen molar-refractivity contribution in [2.75, 3.05) is 31.7 Å². The van der Waals surface area contributed by atoms with Gasteiger partial charge in [-0.2, -0.15) is 13.2 Å². The molecule has 4 aromatic rings. The molecule has 0 aliphatic carbocycles. The van der Waals surface area contributed by atoms with Gasteiger partial charge < -0.3 is 25.0 Å². The molecule has 0 bridgehead atoms. The van der Waals surface area contributed by atoms with Crippen LogP contribution in [0.4, 0.5) is 23.8 Å². The van der Waals surface area contributed by atoms with Gasteiger partial charge in [0.05, 0.1) is 12.1 Å². The fourth-order valence-electron chi connectivity index (χ4n) is 5.09. The number of fused-ring (bicyclic) bond motifs is 1. The van der Waals surface area contributed by atoms with Crippen LogP contribution in [0.2, 0.25) is 0 Å². The molecule has 15 heteroatoms. The number of aliphatic hydroxyl groups excluding tert-OH is 1. The monoisotopic (exact) mass is 644 g/mol. The zero-order valence-electron chi connectivity index (χ0n) is 24.4. The molecule has 3 amide bonds. The first-order valence-electron chi connectivity index (χ1n) is 14.2. The normalized spacial score (nSPS) is 14.1. The summed E-state index contributed by atoms with van der Waals surface area (Å²) >= 11 is 0.780. The van der Waals surface area contributed by atoms with E-state index < -0.39 is 29.2 Å². The minimum absolute atomic E-state index is 0.0314. The van der Waals surface area contributed by atoms with Gasteiger partial charge in [-0.05, 0) is 50.5 Å². The van der Waals surface area contributed by atoms with Crippen molar-refractivity contribution in [3.05, 3.63) is 63.5 Å². The molecule has 0 radical (unpaired) electrons. The number of hydrogen-bond acceptors (Lipinski definition) is 8.